The zero-order valence-electron chi connectivity index (χ0n) is 12.3. The Hall–Kier alpha value is -2.10. The molecule has 0 aliphatic rings. The molecule has 22 heavy (non-hydrogen) atoms. The summed E-state index contributed by atoms with van der Waals surface area (Å²) in [5.74, 6) is -0.439. The SMILES string of the molecule is COCCOCCOCCOC(=O)c1ccn2nnnc2c1. The molecule has 9 heteroatoms. The highest BCUT2D eigenvalue weighted by atomic mass is 16.6. The molecule has 120 valence electrons. The number of tetrazole rings is 1. The number of hydrogen-bond acceptors (Lipinski definition) is 8. The summed E-state index contributed by atoms with van der Waals surface area (Å²) < 4.78 is 21.9. The van der Waals surface area contributed by atoms with Crippen LogP contribution in [0.5, 0.6) is 0 Å². The number of rotatable bonds is 10. The average Bonchev–Trinajstić information content (AvgIpc) is 3.00. The molecule has 0 amide bonds. The Balaban J connectivity index is 1.59. The van der Waals surface area contributed by atoms with Crippen LogP contribution in [-0.4, -0.2) is 72.8 Å². The Labute approximate surface area is 127 Å². The van der Waals surface area contributed by atoms with Crippen LogP contribution < -0.4 is 0 Å². The second-order valence-corrected chi connectivity index (χ2v) is 4.25. The van der Waals surface area contributed by atoms with E-state index in [0.29, 0.717) is 44.2 Å². The molecular weight excluding hydrogens is 292 g/mol. The van der Waals surface area contributed by atoms with Gasteiger partial charge in [0.2, 0.25) is 0 Å². The van der Waals surface area contributed by atoms with Gasteiger partial charge in [0.25, 0.3) is 0 Å². The third kappa shape index (κ3) is 5.02. The van der Waals surface area contributed by atoms with Crippen LogP contribution in [0.1, 0.15) is 10.4 Å². The van der Waals surface area contributed by atoms with Crippen LogP contribution in [0, 0.1) is 0 Å². The molecule has 0 aliphatic carbocycles. The second kappa shape index (κ2) is 9.03. The van der Waals surface area contributed by atoms with E-state index in [0.717, 1.165) is 0 Å². The highest BCUT2D eigenvalue weighted by molar-refractivity contribution is 5.90. The summed E-state index contributed by atoms with van der Waals surface area (Å²) >= 11 is 0. The molecule has 0 saturated heterocycles. The first-order valence-electron chi connectivity index (χ1n) is 6.80. The molecule has 0 fully saturated rings. The molecule has 2 aromatic rings. The van der Waals surface area contributed by atoms with Gasteiger partial charge >= 0.3 is 5.97 Å². The zero-order chi connectivity index (χ0) is 15.6. The Kier molecular flexibility index (Phi) is 6.68. The molecule has 0 radical (unpaired) electrons. The fourth-order valence-corrected chi connectivity index (χ4v) is 1.61. The van der Waals surface area contributed by atoms with Crippen molar-refractivity contribution in [3.05, 3.63) is 23.9 Å². The third-order valence-electron chi connectivity index (χ3n) is 2.70. The van der Waals surface area contributed by atoms with Gasteiger partial charge < -0.3 is 18.9 Å². The van der Waals surface area contributed by atoms with Crippen LogP contribution in [0.4, 0.5) is 0 Å². The number of hydrogen-bond donors (Lipinski definition) is 0. The van der Waals surface area contributed by atoms with E-state index in [4.69, 9.17) is 18.9 Å². The molecule has 0 aromatic carbocycles. The van der Waals surface area contributed by atoms with E-state index < -0.39 is 5.97 Å². The van der Waals surface area contributed by atoms with Crippen molar-refractivity contribution >= 4 is 11.6 Å². The van der Waals surface area contributed by atoms with Crippen LogP contribution in [0.3, 0.4) is 0 Å². The maximum absolute atomic E-state index is 11.8. The largest absolute Gasteiger partial charge is 0.460 e. The predicted molar refractivity (Wildman–Crippen MR) is 74.6 cm³/mol. The number of carbonyl (C=O) groups is 1. The monoisotopic (exact) mass is 310 g/mol. The highest BCUT2D eigenvalue weighted by Crippen LogP contribution is 2.04. The molecule has 0 spiro atoms. The number of methoxy groups -OCH3 is 1. The van der Waals surface area contributed by atoms with E-state index in [1.54, 1.807) is 25.4 Å². The van der Waals surface area contributed by atoms with Gasteiger partial charge in [-0.1, -0.05) is 0 Å². The Morgan fingerprint density at radius 3 is 2.64 bits per heavy atom. The topological polar surface area (TPSA) is 97.1 Å². The van der Waals surface area contributed by atoms with Crippen molar-refractivity contribution in [2.75, 3.05) is 46.8 Å². The van der Waals surface area contributed by atoms with Crippen LogP contribution in [0.2, 0.25) is 0 Å². The summed E-state index contributed by atoms with van der Waals surface area (Å²) in [7, 11) is 1.62. The molecule has 0 bridgehead atoms. The predicted octanol–water partition coefficient (Wildman–Crippen LogP) is -0.0393. The summed E-state index contributed by atoms with van der Waals surface area (Å²) in [6.07, 6.45) is 1.60. The first kappa shape index (κ1) is 16.3. The number of fused-ring (bicyclic) bond motifs is 1. The van der Waals surface area contributed by atoms with E-state index in [-0.39, 0.29) is 6.61 Å². The molecular formula is C13H18N4O5. The first-order valence-corrected chi connectivity index (χ1v) is 6.80. The van der Waals surface area contributed by atoms with Crippen molar-refractivity contribution in [2.24, 2.45) is 0 Å². The number of aromatic nitrogens is 4. The lowest BCUT2D eigenvalue weighted by Crippen LogP contribution is -2.14. The van der Waals surface area contributed by atoms with Crippen LogP contribution in [-0.2, 0) is 18.9 Å². The Morgan fingerprint density at radius 2 is 1.86 bits per heavy atom. The average molecular weight is 310 g/mol. The van der Waals surface area contributed by atoms with Crippen LogP contribution >= 0.6 is 0 Å². The minimum atomic E-state index is -0.439. The smallest absolute Gasteiger partial charge is 0.338 e. The molecule has 2 heterocycles. The number of ether oxygens (including phenoxy) is 4. The lowest BCUT2D eigenvalue weighted by molar-refractivity contribution is 0.00570. The first-order chi connectivity index (χ1) is 10.8. The van der Waals surface area contributed by atoms with Gasteiger partial charge in [-0.15, -0.1) is 5.10 Å². The van der Waals surface area contributed by atoms with E-state index >= 15 is 0 Å². The molecule has 0 N–H and O–H groups in total. The summed E-state index contributed by atoms with van der Waals surface area (Å²) in [5.41, 5.74) is 0.879. The summed E-state index contributed by atoms with van der Waals surface area (Å²) in [6.45, 7) is 2.51. The molecule has 0 saturated carbocycles. The minimum Gasteiger partial charge on any atom is -0.460 e. The van der Waals surface area contributed by atoms with Crippen LogP contribution in [0.15, 0.2) is 18.3 Å². The molecule has 2 rings (SSSR count). The van der Waals surface area contributed by atoms with Gasteiger partial charge in [0, 0.05) is 13.3 Å². The maximum Gasteiger partial charge on any atom is 0.338 e. The van der Waals surface area contributed by atoms with E-state index in [9.17, 15) is 4.79 Å². The van der Waals surface area contributed by atoms with Crippen molar-refractivity contribution in [1.29, 1.82) is 0 Å². The fourth-order valence-electron chi connectivity index (χ4n) is 1.61. The van der Waals surface area contributed by atoms with Crippen molar-refractivity contribution in [1.82, 2.24) is 20.0 Å². The summed E-state index contributed by atoms with van der Waals surface area (Å²) in [6, 6.07) is 3.16. The molecule has 2 aromatic heterocycles. The number of nitrogens with zero attached hydrogens (tertiary/aromatic N) is 4. The number of esters is 1. The fraction of sp³-hybridized carbons (Fsp3) is 0.538. The molecule has 0 aliphatic heterocycles. The van der Waals surface area contributed by atoms with Crippen molar-refractivity contribution in [3.63, 3.8) is 0 Å². The standard InChI is InChI=1S/C13H18N4O5/c1-19-4-5-20-6-7-21-8-9-22-13(18)11-2-3-17-12(10-11)14-15-16-17/h2-3,10H,4-9H2,1H3. The van der Waals surface area contributed by atoms with Gasteiger partial charge in [0.05, 0.1) is 38.6 Å². The lowest BCUT2D eigenvalue weighted by atomic mass is 10.3. The quantitative estimate of drug-likeness (QED) is 0.445. The number of carbonyl (C=O) groups excluding carboxylic acids is 1. The molecule has 9 nitrogen and oxygen atoms in total. The maximum atomic E-state index is 11.8. The van der Waals surface area contributed by atoms with Crippen molar-refractivity contribution < 1.29 is 23.7 Å². The zero-order valence-corrected chi connectivity index (χ0v) is 12.3. The van der Waals surface area contributed by atoms with Crippen molar-refractivity contribution in [2.45, 2.75) is 0 Å². The van der Waals surface area contributed by atoms with E-state index in [1.165, 1.54) is 4.52 Å². The van der Waals surface area contributed by atoms with Crippen LogP contribution in [0.25, 0.3) is 5.65 Å². The van der Waals surface area contributed by atoms with Gasteiger partial charge in [-0.25, -0.2) is 9.31 Å². The summed E-state index contributed by atoms with van der Waals surface area (Å²) in [5, 5.41) is 11.0. The Morgan fingerprint density at radius 1 is 1.14 bits per heavy atom. The van der Waals surface area contributed by atoms with Gasteiger partial charge in [-0.05, 0) is 22.6 Å². The summed E-state index contributed by atoms with van der Waals surface area (Å²) in [4.78, 5) is 11.8. The molecule has 0 atom stereocenters. The second-order valence-electron chi connectivity index (χ2n) is 4.25. The van der Waals surface area contributed by atoms with Gasteiger partial charge in [0.15, 0.2) is 5.65 Å². The normalized spacial score (nSPS) is 11.0. The van der Waals surface area contributed by atoms with Gasteiger partial charge in [0.1, 0.15) is 6.61 Å². The van der Waals surface area contributed by atoms with E-state index in [2.05, 4.69) is 15.5 Å². The van der Waals surface area contributed by atoms with Gasteiger partial charge in [-0.2, -0.15) is 0 Å². The minimum absolute atomic E-state index is 0.174. The third-order valence-corrected chi connectivity index (χ3v) is 2.70. The van der Waals surface area contributed by atoms with Gasteiger partial charge in [-0.3, -0.25) is 0 Å². The Bertz CT molecular complexity index is 589. The number of pyridine rings is 1. The lowest BCUT2D eigenvalue weighted by Gasteiger charge is -2.07. The van der Waals surface area contributed by atoms with E-state index in [1.807, 2.05) is 0 Å². The highest BCUT2D eigenvalue weighted by Gasteiger charge is 2.09. The van der Waals surface area contributed by atoms with Crippen molar-refractivity contribution in [3.8, 4) is 0 Å². The molecule has 0 unspecified atom stereocenters.